The Labute approximate surface area is 113 Å². The van der Waals surface area contributed by atoms with Crippen LogP contribution in [0, 0.1) is 0 Å². The lowest BCUT2D eigenvalue weighted by Crippen LogP contribution is -2.28. The first kappa shape index (κ1) is 14.0. The van der Waals surface area contributed by atoms with Crippen molar-refractivity contribution in [2.45, 2.75) is 32.2 Å². The van der Waals surface area contributed by atoms with Crippen LogP contribution in [-0.4, -0.2) is 32.5 Å². The number of rotatable bonds is 3. The average Bonchev–Trinajstić information content (AvgIpc) is 2.42. The van der Waals surface area contributed by atoms with Crippen LogP contribution >= 0.6 is 0 Å². The van der Waals surface area contributed by atoms with E-state index in [-0.39, 0.29) is 12.2 Å². The van der Waals surface area contributed by atoms with Gasteiger partial charge in [0.2, 0.25) is 0 Å². The Bertz CT molecular complexity index is 471. The highest BCUT2D eigenvalue weighted by Gasteiger charge is 2.36. The van der Waals surface area contributed by atoms with Crippen molar-refractivity contribution in [1.82, 2.24) is 0 Å². The fourth-order valence-corrected chi connectivity index (χ4v) is 2.59. The third kappa shape index (κ3) is 2.13. The highest BCUT2D eigenvalue weighted by molar-refractivity contribution is 5.59. The molecule has 5 heteroatoms. The van der Waals surface area contributed by atoms with E-state index in [0.29, 0.717) is 22.8 Å². The number of aliphatic hydroxyl groups is 1. The van der Waals surface area contributed by atoms with Crippen molar-refractivity contribution in [3.63, 3.8) is 0 Å². The molecule has 19 heavy (non-hydrogen) atoms. The largest absolute Gasteiger partial charge is 0.496 e. The van der Waals surface area contributed by atoms with Crippen LogP contribution < -0.4 is 14.2 Å². The molecule has 1 aromatic rings. The summed E-state index contributed by atoms with van der Waals surface area (Å²) in [6.07, 6.45) is -1.26. The van der Waals surface area contributed by atoms with Gasteiger partial charge in [0.25, 0.3) is 0 Å². The number of benzene rings is 1. The maximum Gasteiger partial charge on any atom is 0.167 e. The molecule has 0 unspecified atom stereocenters. The van der Waals surface area contributed by atoms with Gasteiger partial charge in [-0.3, -0.25) is 0 Å². The zero-order valence-corrected chi connectivity index (χ0v) is 11.9. The summed E-state index contributed by atoms with van der Waals surface area (Å²) in [5.74, 6) is 1.71. The van der Waals surface area contributed by atoms with Gasteiger partial charge < -0.3 is 24.1 Å². The van der Waals surface area contributed by atoms with E-state index in [4.69, 9.17) is 18.9 Å². The molecule has 1 heterocycles. The monoisotopic (exact) mass is 268 g/mol. The van der Waals surface area contributed by atoms with E-state index in [2.05, 4.69) is 0 Å². The normalized spacial score (nSPS) is 25.7. The van der Waals surface area contributed by atoms with E-state index in [9.17, 15) is 5.11 Å². The molecule has 1 N–H and O–H groups in total. The first-order valence-electron chi connectivity index (χ1n) is 6.21. The van der Waals surface area contributed by atoms with Gasteiger partial charge in [0.1, 0.15) is 11.9 Å². The molecule has 0 bridgehead atoms. The number of hydrogen-bond acceptors (Lipinski definition) is 5. The van der Waals surface area contributed by atoms with Gasteiger partial charge in [0, 0.05) is 17.2 Å². The first-order valence-corrected chi connectivity index (χ1v) is 6.21. The molecular formula is C14H20O5. The lowest BCUT2D eigenvalue weighted by Gasteiger charge is -2.35. The van der Waals surface area contributed by atoms with Gasteiger partial charge >= 0.3 is 0 Å². The summed E-state index contributed by atoms with van der Waals surface area (Å²) >= 11 is 0. The summed E-state index contributed by atoms with van der Waals surface area (Å²) < 4.78 is 21.8. The highest BCUT2D eigenvalue weighted by atomic mass is 16.5. The van der Waals surface area contributed by atoms with Crippen molar-refractivity contribution in [2.24, 2.45) is 0 Å². The fourth-order valence-electron chi connectivity index (χ4n) is 2.59. The summed E-state index contributed by atoms with van der Waals surface area (Å²) in [5.41, 5.74) is 1.50. The van der Waals surface area contributed by atoms with E-state index < -0.39 is 6.10 Å². The van der Waals surface area contributed by atoms with Crippen LogP contribution in [-0.2, 0) is 4.74 Å². The van der Waals surface area contributed by atoms with Gasteiger partial charge in [-0.05, 0) is 13.8 Å². The van der Waals surface area contributed by atoms with Crippen molar-refractivity contribution in [3.8, 4) is 17.2 Å². The third-order valence-corrected chi connectivity index (χ3v) is 3.50. The van der Waals surface area contributed by atoms with Crippen molar-refractivity contribution >= 4 is 0 Å². The average molecular weight is 268 g/mol. The van der Waals surface area contributed by atoms with Gasteiger partial charge in [0.15, 0.2) is 11.5 Å². The second kappa shape index (κ2) is 5.27. The highest BCUT2D eigenvalue weighted by Crippen LogP contribution is 2.49. The van der Waals surface area contributed by atoms with Gasteiger partial charge in [-0.25, -0.2) is 0 Å². The number of fused-ring (bicyclic) bond motifs is 1. The smallest absolute Gasteiger partial charge is 0.167 e. The molecule has 0 aromatic heterocycles. The molecule has 0 spiro atoms. The van der Waals surface area contributed by atoms with Crippen LogP contribution in [0.15, 0.2) is 6.07 Å². The summed E-state index contributed by atoms with van der Waals surface area (Å²) in [4.78, 5) is 0. The standard InChI is InChI=1S/C14H20O5/c1-7-11-9(16-3)6-10(17-4)14(18-5)12(11)13(15)8(2)19-7/h6-8,13,15H,1-5H3/t7-,8-,13+/m1/s1. The molecule has 0 fully saturated rings. The molecule has 2 rings (SSSR count). The third-order valence-electron chi connectivity index (χ3n) is 3.50. The van der Waals surface area contributed by atoms with E-state index in [1.165, 1.54) is 0 Å². The van der Waals surface area contributed by atoms with Gasteiger partial charge in [0.05, 0.1) is 33.5 Å². The van der Waals surface area contributed by atoms with Crippen LogP contribution in [0.4, 0.5) is 0 Å². The van der Waals surface area contributed by atoms with Crippen LogP contribution in [0.1, 0.15) is 37.2 Å². The topological polar surface area (TPSA) is 57.2 Å². The van der Waals surface area contributed by atoms with Gasteiger partial charge in [-0.2, -0.15) is 0 Å². The Morgan fingerprint density at radius 1 is 1.00 bits per heavy atom. The number of aliphatic hydroxyl groups excluding tert-OH is 1. The maximum absolute atomic E-state index is 10.4. The molecule has 5 nitrogen and oxygen atoms in total. The summed E-state index contributed by atoms with van der Waals surface area (Å²) in [7, 11) is 4.70. The Morgan fingerprint density at radius 2 is 1.63 bits per heavy atom. The molecule has 0 saturated carbocycles. The summed E-state index contributed by atoms with van der Waals surface area (Å²) in [5, 5.41) is 10.4. The number of methoxy groups -OCH3 is 3. The second-order valence-electron chi connectivity index (χ2n) is 4.57. The SMILES string of the molecule is COc1cc(OC)c2c(c1OC)[C@@H](O)[C@@H](C)O[C@@H]2C. The number of ether oxygens (including phenoxy) is 4. The Balaban J connectivity index is 2.74. The van der Waals surface area contributed by atoms with Crippen LogP contribution in [0.25, 0.3) is 0 Å². The minimum Gasteiger partial charge on any atom is -0.496 e. The van der Waals surface area contributed by atoms with Crippen molar-refractivity contribution < 1.29 is 24.1 Å². The zero-order chi connectivity index (χ0) is 14.2. The predicted molar refractivity (Wildman–Crippen MR) is 70.0 cm³/mol. The first-order chi connectivity index (χ1) is 9.04. The summed E-state index contributed by atoms with van der Waals surface area (Å²) in [6, 6.07) is 1.75. The molecule has 0 aliphatic carbocycles. The van der Waals surface area contributed by atoms with Crippen LogP contribution in [0.3, 0.4) is 0 Å². The van der Waals surface area contributed by atoms with Crippen molar-refractivity contribution in [2.75, 3.05) is 21.3 Å². The maximum atomic E-state index is 10.4. The van der Waals surface area contributed by atoms with E-state index in [0.717, 1.165) is 5.56 Å². The lowest BCUT2D eigenvalue weighted by molar-refractivity contribution is -0.0826. The molecule has 0 radical (unpaired) electrons. The van der Waals surface area contributed by atoms with Crippen molar-refractivity contribution in [3.05, 3.63) is 17.2 Å². The Hall–Kier alpha value is -1.46. The second-order valence-corrected chi connectivity index (χ2v) is 4.57. The minimum atomic E-state index is -0.773. The van der Waals surface area contributed by atoms with E-state index >= 15 is 0 Å². The lowest BCUT2D eigenvalue weighted by atomic mass is 9.90. The van der Waals surface area contributed by atoms with Crippen molar-refractivity contribution in [1.29, 1.82) is 0 Å². The quantitative estimate of drug-likeness (QED) is 0.911. The Morgan fingerprint density at radius 3 is 2.16 bits per heavy atom. The molecule has 106 valence electrons. The molecule has 1 aromatic carbocycles. The fraction of sp³-hybridized carbons (Fsp3) is 0.571. The van der Waals surface area contributed by atoms with E-state index in [1.807, 2.05) is 13.8 Å². The van der Waals surface area contributed by atoms with Crippen LogP contribution in [0.5, 0.6) is 17.2 Å². The predicted octanol–water partition coefficient (Wildman–Crippen LogP) is 2.23. The Kier molecular flexibility index (Phi) is 3.87. The molecular weight excluding hydrogens is 248 g/mol. The molecule has 3 atom stereocenters. The van der Waals surface area contributed by atoms with Crippen LogP contribution in [0.2, 0.25) is 0 Å². The van der Waals surface area contributed by atoms with Gasteiger partial charge in [-0.15, -0.1) is 0 Å². The van der Waals surface area contributed by atoms with E-state index in [1.54, 1.807) is 27.4 Å². The molecule has 1 aliphatic rings. The zero-order valence-electron chi connectivity index (χ0n) is 11.9. The molecule has 1 aliphatic heterocycles. The minimum absolute atomic E-state index is 0.178. The summed E-state index contributed by atoms with van der Waals surface area (Å²) in [6.45, 7) is 3.76. The van der Waals surface area contributed by atoms with Gasteiger partial charge in [-0.1, -0.05) is 0 Å². The number of hydrogen-bond donors (Lipinski definition) is 1. The molecule has 0 saturated heterocycles. The molecule has 0 amide bonds.